The van der Waals surface area contributed by atoms with Gasteiger partial charge in [0.1, 0.15) is 17.4 Å². The van der Waals surface area contributed by atoms with E-state index in [4.69, 9.17) is 4.74 Å². The molecule has 0 unspecified atom stereocenters. The van der Waals surface area contributed by atoms with Crippen LogP contribution in [0.15, 0.2) is 53.4 Å². The maximum atomic E-state index is 13.1. The number of nitrogens with zero attached hydrogens (tertiary/aromatic N) is 4. The van der Waals surface area contributed by atoms with Crippen LogP contribution in [0.4, 0.5) is 9.52 Å². The molecule has 1 heterocycles. The Morgan fingerprint density at radius 1 is 1.00 bits per heavy atom. The molecule has 0 spiro atoms. The van der Waals surface area contributed by atoms with Gasteiger partial charge in [0, 0.05) is 44.1 Å². The molecule has 2 aromatic carbocycles. The van der Waals surface area contributed by atoms with E-state index in [1.165, 1.54) is 28.0 Å². The van der Waals surface area contributed by atoms with Crippen molar-refractivity contribution in [2.75, 3.05) is 38.2 Å². The van der Waals surface area contributed by atoms with Crippen LogP contribution < -0.4 is 9.64 Å². The lowest BCUT2D eigenvalue weighted by Crippen LogP contribution is -2.38. The summed E-state index contributed by atoms with van der Waals surface area (Å²) in [6.45, 7) is 5.66. The number of methoxy groups -OCH3 is 1. The summed E-state index contributed by atoms with van der Waals surface area (Å²) < 4.78 is 50.2. The fraction of sp³-hybridized carbons (Fsp3) is 0.364. The number of rotatable bonds is 11. The molecule has 0 N–H and O–H groups in total. The van der Waals surface area contributed by atoms with E-state index in [1.807, 2.05) is 18.7 Å². The Bertz CT molecular complexity index is 1100. The SMILES string of the molecule is CCN(CCN(CC)S(=O)(=O)c1ccc(OC)cc1)c1nc(Cc2ccc(F)cc2)ns1. The summed E-state index contributed by atoms with van der Waals surface area (Å²) in [5.74, 6) is 0.994. The number of benzene rings is 2. The molecule has 10 heteroatoms. The zero-order chi connectivity index (χ0) is 23.1. The first-order chi connectivity index (χ1) is 15.4. The second kappa shape index (κ2) is 10.8. The molecular weight excluding hydrogens is 451 g/mol. The van der Waals surface area contributed by atoms with E-state index in [9.17, 15) is 12.8 Å². The van der Waals surface area contributed by atoms with Crippen molar-refractivity contribution in [2.45, 2.75) is 25.2 Å². The van der Waals surface area contributed by atoms with Gasteiger partial charge in [-0.15, -0.1) is 0 Å². The lowest BCUT2D eigenvalue weighted by Gasteiger charge is -2.25. The van der Waals surface area contributed by atoms with Crippen molar-refractivity contribution >= 4 is 26.7 Å². The maximum Gasteiger partial charge on any atom is 0.243 e. The molecule has 32 heavy (non-hydrogen) atoms. The molecule has 0 fully saturated rings. The average molecular weight is 479 g/mol. The summed E-state index contributed by atoms with van der Waals surface area (Å²) in [5.41, 5.74) is 0.932. The molecule has 1 aromatic heterocycles. The number of aromatic nitrogens is 2. The van der Waals surface area contributed by atoms with Gasteiger partial charge in [-0.25, -0.2) is 17.8 Å². The summed E-state index contributed by atoms with van der Waals surface area (Å²) in [5, 5.41) is 0.738. The van der Waals surface area contributed by atoms with Crippen LogP contribution >= 0.6 is 11.5 Å². The predicted molar refractivity (Wildman–Crippen MR) is 124 cm³/mol. The van der Waals surface area contributed by atoms with E-state index in [2.05, 4.69) is 9.36 Å². The molecule has 0 saturated heterocycles. The highest BCUT2D eigenvalue weighted by atomic mass is 32.2. The van der Waals surface area contributed by atoms with Gasteiger partial charge in [0.25, 0.3) is 0 Å². The first-order valence-electron chi connectivity index (χ1n) is 10.3. The number of hydrogen-bond donors (Lipinski definition) is 0. The Morgan fingerprint density at radius 2 is 1.69 bits per heavy atom. The molecule has 0 atom stereocenters. The van der Waals surface area contributed by atoms with Crippen molar-refractivity contribution in [3.8, 4) is 5.75 Å². The molecule has 0 aliphatic rings. The highest BCUT2D eigenvalue weighted by Gasteiger charge is 2.24. The molecule has 0 aliphatic heterocycles. The third-order valence-corrected chi connectivity index (χ3v) is 7.86. The summed E-state index contributed by atoms with van der Waals surface area (Å²) in [4.78, 5) is 6.85. The van der Waals surface area contributed by atoms with E-state index >= 15 is 0 Å². The van der Waals surface area contributed by atoms with E-state index < -0.39 is 10.0 Å². The Balaban J connectivity index is 1.66. The fourth-order valence-electron chi connectivity index (χ4n) is 3.20. The lowest BCUT2D eigenvalue weighted by atomic mass is 10.1. The van der Waals surface area contributed by atoms with Crippen LogP contribution in [0.1, 0.15) is 25.2 Å². The largest absolute Gasteiger partial charge is 0.497 e. The van der Waals surface area contributed by atoms with Gasteiger partial charge in [-0.1, -0.05) is 19.1 Å². The molecule has 0 radical (unpaired) electrons. The van der Waals surface area contributed by atoms with Crippen molar-refractivity contribution in [1.82, 2.24) is 13.7 Å². The second-order valence-electron chi connectivity index (χ2n) is 7.05. The van der Waals surface area contributed by atoms with Crippen molar-refractivity contribution in [3.05, 3.63) is 65.7 Å². The number of hydrogen-bond acceptors (Lipinski definition) is 7. The van der Waals surface area contributed by atoms with E-state index in [0.29, 0.717) is 44.2 Å². The number of likely N-dealkylation sites (N-methyl/N-ethyl adjacent to an activating group) is 2. The molecule has 3 aromatic rings. The van der Waals surface area contributed by atoms with Gasteiger partial charge in [0.15, 0.2) is 0 Å². The normalized spacial score (nSPS) is 11.7. The second-order valence-corrected chi connectivity index (χ2v) is 9.72. The van der Waals surface area contributed by atoms with E-state index in [1.54, 1.807) is 43.5 Å². The summed E-state index contributed by atoms with van der Waals surface area (Å²) in [7, 11) is -2.07. The molecule has 0 aliphatic carbocycles. The van der Waals surface area contributed by atoms with Crippen molar-refractivity contribution in [3.63, 3.8) is 0 Å². The van der Waals surface area contributed by atoms with Gasteiger partial charge in [-0.05, 0) is 48.9 Å². The lowest BCUT2D eigenvalue weighted by molar-refractivity contribution is 0.413. The predicted octanol–water partition coefficient (Wildman–Crippen LogP) is 3.81. The van der Waals surface area contributed by atoms with Gasteiger partial charge in [-0.3, -0.25) is 0 Å². The Morgan fingerprint density at radius 3 is 2.28 bits per heavy atom. The highest BCUT2D eigenvalue weighted by molar-refractivity contribution is 7.89. The zero-order valence-electron chi connectivity index (χ0n) is 18.4. The van der Waals surface area contributed by atoms with Crippen LogP contribution in [0.5, 0.6) is 5.75 Å². The van der Waals surface area contributed by atoms with Gasteiger partial charge < -0.3 is 9.64 Å². The number of halogens is 1. The Kier molecular flexibility index (Phi) is 8.16. The molecule has 3 rings (SSSR count). The highest BCUT2D eigenvalue weighted by Crippen LogP contribution is 2.22. The van der Waals surface area contributed by atoms with E-state index in [0.717, 1.165) is 10.7 Å². The third kappa shape index (κ3) is 5.81. The Hall–Kier alpha value is -2.56. The summed E-state index contributed by atoms with van der Waals surface area (Å²) in [6, 6.07) is 12.7. The van der Waals surface area contributed by atoms with Crippen LogP contribution in [-0.4, -0.2) is 55.4 Å². The summed E-state index contributed by atoms with van der Waals surface area (Å²) in [6.07, 6.45) is 0.515. The van der Waals surface area contributed by atoms with Crippen LogP contribution in [0.3, 0.4) is 0 Å². The minimum atomic E-state index is -3.61. The topological polar surface area (TPSA) is 75.6 Å². The van der Waals surface area contributed by atoms with Crippen LogP contribution in [0.2, 0.25) is 0 Å². The maximum absolute atomic E-state index is 13.1. The molecule has 0 bridgehead atoms. The smallest absolute Gasteiger partial charge is 0.243 e. The van der Waals surface area contributed by atoms with Crippen LogP contribution in [-0.2, 0) is 16.4 Å². The van der Waals surface area contributed by atoms with Gasteiger partial charge in [0.2, 0.25) is 15.2 Å². The molecule has 7 nitrogen and oxygen atoms in total. The van der Waals surface area contributed by atoms with Gasteiger partial charge >= 0.3 is 0 Å². The monoisotopic (exact) mass is 478 g/mol. The summed E-state index contributed by atoms with van der Waals surface area (Å²) >= 11 is 1.28. The molecule has 172 valence electrons. The fourth-order valence-corrected chi connectivity index (χ4v) is 5.41. The van der Waals surface area contributed by atoms with E-state index in [-0.39, 0.29) is 10.7 Å². The number of sulfonamides is 1. The number of ether oxygens (including phenoxy) is 1. The van der Waals surface area contributed by atoms with Crippen LogP contribution in [0.25, 0.3) is 0 Å². The quantitative estimate of drug-likeness (QED) is 0.417. The van der Waals surface area contributed by atoms with Gasteiger partial charge in [-0.2, -0.15) is 8.68 Å². The van der Waals surface area contributed by atoms with Crippen molar-refractivity contribution in [2.24, 2.45) is 0 Å². The van der Waals surface area contributed by atoms with Gasteiger partial charge in [0.05, 0.1) is 12.0 Å². The minimum absolute atomic E-state index is 0.237. The molecule has 0 amide bonds. The number of anilines is 1. The Labute approximate surface area is 192 Å². The zero-order valence-corrected chi connectivity index (χ0v) is 20.0. The average Bonchev–Trinajstić information content (AvgIpc) is 3.26. The van der Waals surface area contributed by atoms with Crippen molar-refractivity contribution in [1.29, 1.82) is 0 Å². The van der Waals surface area contributed by atoms with Crippen LogP contribution in [0, 0.1) is 5.82 Å². The van der Waals surface area contributed by atoms with Crippen molar-refractivity contribution < 1.29 is 17.5 Å². The standard InChI is InChI=1S/C22H27FN4O3S2/c1-4-26(22-24-21(25-31-22)16-17-6-8-18(23)9-7-17)14-15-27(5-2)32(28,29)20-12-10-19(30-3)11-13-20/h6-13H,4-5,14-16H2,1-3H3. The first kappa shape index (κ1) is 24.1. The minimum Gasteiger partial charge on any atom is -0.497 e. The molecular formula is C22H27FN4O3S2. The third-order valence-electron chi connectivity index (χ3n) is 5.05. The molecule has 0 saturated carbocycles. The first-order valence-corrected chi connectivity index (χ1v) is 12.5.